The second-order valence-corrected chi connectivity index (χ2v) is 4.74. The zero-order valence-corrected chi connectivity index (χ0v) is 8.97. The van der Waals surface area contributed by atoms with Crippen LogP contribution in [0, 0.1) is 11.3 Å². The van der Waals surface area contributed by atoms with Crippen molar-refractivity contribution in [1.29, 1.82) is 0 Å². The molecule has 2 aliphatic rings. The molecule has 1 atom stereocenters. The van der Waals surface area contributed by atoms with Crippen LogP contribution in [0.3, 0.4) is 0 Å². The van der Waals surface area contributed by atoms with Crippen LogP contribution in [0.5, 0.6) is 0 Å². The summed E-state index contributed by atoms with van der Waals surface area (Å²) in [5.74, 6) is 0.476. The molecule has 1 heterocycles. The molecule has 1 saturated carbocycles. The SMILES string of the molecule is CN(C)NC(=O)C1CC12CCNCC2. The van der Waals surface area contributed by atoms with Crippen LogP contribution in [0.4, 0.5) is 0 Å². The maximum absolute atomic E-state index is 11.7. The summed E-state index contributed by atoms with van der Waals surface area (Å²) in [6.07, 6.45) is 3.42. The van der Waals surface area contributed by atoms with Crippen molar-refractivity contribution in [2.24, 2.45) is 11.3 Å². The van der Waals surface area contributed by atoms with Crippen LogP contribution in [0.25, 0.3) is 0 Å². The zero-order chi connectivity index (χ0) is 10.2. The lowest BCUT2D eigenvalue weighted by Gasteiger charge is -2.23. The Morgan fingerprint density at radius 1 is 1.43 bits per heavy atom. The van der Waals surface area contributed by atoms with Gasteiger partial charge in [0.25, 0.3) is 0 Å². The number of carbonyl (C=O) groups excluding carboxylic acids is 1. The van der Waals surface area contributed by atoms with Crippen molar-refractivity contribution >= 4 is 5.91 Å². The number of piperidine rings is 1. The van der Waals surface area contributed by atoms with Gasteiger partial charge in [-0.25, -0.2) is 5.01 Å². The van der Waals surface area contributed by atoms with Gasteiger partial charge in [0.05, 0.1) is 0 Å². The molecule has 1 spiro atoms. The first-order valence-electron chi connectivity index (χ1n) is 5.33. The lowest BCUT2D eigenvalue weighted by molar-refractivity contribution is -0.127. The summed E-state index contributed by atoms with van der Waals surface area (Å²) in [5.41, 5.74) is 3.20. The third-order valence-electron chi connectivity index (χ3n) is 3.44. The van der Waals surface area contributed by atoms with E-state index in [-0.39, 0.29) is 11.8 Å². The van der Waals surface area contributed by atoms with E-state index in [9.17, 15) is 4.79 Å². The van der Waals surface area contributed by atoms with Crippen LogP contribution in [0.15, 0.2) is 0 Å². The molecular weight excluding hydrogens is 178 g/mol. The summed E-state index contributed by atoms with van der Waals surface area (Å²) in [5, 5.41) is 5.07. The first kappa shape index (κ1) is 9.93. The van der Waals surface area contributed by atoms with Crippen molar-refractivity contribution in [3.63, 3.8) is 0 Å². The van der Waals surface area contributed by atoms with E-state index in [1.54, 1.807) is 5.01 Å². The van der Waals surface area contributed by atoms with Crippen molar-refractivity contribution in [2.45, 2.75) is 19.3 Å². The van der Waals surface area contributed by atoms with Crippen molar-refractivity contribution in [2.75, 3.05) is 27.2 Å². The van der Waals surface area contributed by atoms with E-state index < -0.39 is 0 Å². The lowest BCUT2D eigenvalue weighted by Crippen LogP contribution is -2.39. The Balaban J connectivity index is 1.87. The summed E-state index contributed by atoms with van der Waals surface area (Å²) in [7, 11) is 3.71. The molecule has 1 aliphatic heterocycles. The first-order valence-corrected chi connectivity index (χ1v) is 5.33. The Bertz CT molecular complexity index is 234. The van der Waals surface area contributed by atoms with Crippen molar-refractivity contribution in [3.8, 4) is 0 Å². The predicted octanol–water partition coefficient (Wildman–Crippen LogP) is -0.0311. The van der Waals surface area contributed by atoms with Gasteiger partial charge < -0.3 is 5.32 Å². The van der Waals surface area contributed by atoms with Gasteiger partial charge in [-0.15, -0.1) is 0 Å². The normalized spacial score (nSPS) is 29.2. The molecule has 0 aromatic heterocycles. The van der Waals surface area contributed by atoms with Gasteiger partial charge in [0.2, 0.25) is 5.91 Å². The Hall–Kier alpha value is -0.610. The first-order chi connectivity index (χ1) is 6.64. The fourth-order valence-corrected chi connectivity index (χ4v) is 2.49. The van der Waals surface area contributed by atoms with Crippen LogP contribution in [-0.4, -0.2) is 38.1 Å². The number of hydrogen-bond acceptors (Lipinski definition) is 3. The molecule has 0 radical (unpaired) electrons. The van der Waals surface area contributed by atoms with E-state index in [0.717, 1.165) is 19.5 Å². The summed E-state index contributed by atoms with van der Waals surface area (Å²) in [6.45, 7) is 2.15. The molecule has 80 valence electrons. The molecular formula is C10H19N3O. The van der Waals surface area contributed by atoms with Gasteiger partial charge >= 0.3 is 0 Å². The van der Waals surface area contributed by atoms with Gasteiger partial charge in [-0.1, -0.05) is 0 Å². The number of nitrogens with one attached hydrogen (secondary N) is 2. The molecule has 2 fully saturated rings. The summed E-state index contributed by atoms with van der Waals surface area (Å²) >= 11 is 0. The van der Waals surface area contributed by atoms with E-state index in [2.05, 4.69) is 10.7 Å². The standard InChI is InChI=1S/C10H19N3O/c1-13(2)12-9(14)8-7-10(8)3-5-11-6-4-10/h8,11H,3-7H2,1-2H3,(H,12,14). The maximum Gasteiger partial charge on any atom is 0.237 e. The number of carbonyl (C=O) groups is 1. The molecule has 14 heavy (non-hydrogen) atoms. The Morgan fingerprint density at radius 3 is 2.64 bits per heavy atom. The highest BCUT2D eigenvalue weighted by Crippen LogP contribution is 2.58. The van der Waals surface area contributed by atoms with Gasteiger partial charge in [0, 0.05) is 20.0 Å². The van der Waals surface area contributed by atoms with E-state index in [1.165, 1.54) is 12.8 Å². The van der Waals surface area contributed by atoms with Crippen LogP contribution < -0.4 is 10.7 Å². The minimum absolute atomic E-state index is 0.205. The molecule has 0 aromatic rings. The molecule has 1 amide bonds. The van der Waals surface area contributed by atoms with E-state index in [4.69, 9.17) is 0 Å². The number of nitrogens with zero attached hydrogens (tertiary/aromatic N) is 1. The minimum Gasteiger partial charge on any atom is -0.317 e. The Kier molecular flexibility index (Phi) is 2.49. The fourth-order valence-electron chi connectivity index (χ4n) is 2.49. The third kappa shape index (κ3) is 1.77. The summed E-state index contributed by atoms with van der Waals surface area (Å²) in [6, 6.07) is 0. The molecule has 2 N–H and O–H groups in total. The smallest absolute Gasteiger partial charge is 0.237 e. The Labute approximate surface area is 85.0 Å². The number of rotatable bonds is 2. The minimum atomic E-state index is 0.205. The monoisotopic (exact) mass is 197 g/mol. The molecule has 1 aliphatic carbocycles. The summed E-state index contributed by atoms with van der Waals surface area (Å²) < 4.78 is 0. The highest BCUT2D eigenvalue weighted by Gasteiger charge is 2.57. The fraction of sp³-hybridized carbons (Fsp3) is 0.900. The quantitative estimate of drug-likeness (QED) is 0.611. The zero-order valence-electron chi connectivity index (χ0n) is 8.97. The third-order valence-corrected chi connectivity index (χ3v) is 3.44. The largest absolute Gasteiger partial charge is 0.317 e. The second kappa shape index (κ2) is 3.51. The van der Waals surface area contributed by atoms with Crippen molar-refractivity contribution in [1.82, 2.24) is 15.8 Å². The maximum atomic E-state index is 11.7. The topological polar surface area (TPSA) is 44.4 Å². The highest BCUT2D eigenvalue weighted by atomic mass is 16.2. The molecule has 2 rings (SSSR count). The number of amides is 1. The van der Waals surface area contributed by atoms with Gasteiger partial charge in [-0.2, -0.15) is 0 Å². The van der Waals surface area contributed by atoms with E-state index in [0.29, 0.717) is 5.41 Å². The molecule has 4 heteroatoms. The lowest BCUT2D eigenvalue weighted by atomic mass is 9.92. The molecule has 0 bridgehead atoms. The van der Waals surface area contributed by atoms with Gasteiger partial charge in [-0.3, -0.25) is 10.2 Å². The van der Waals surface area contributed by atoms with Gasteiger partial charge in [0.1, 0.15) is 0 Å². The average Bonchev–Trinajstić information content (AvgIpc) is 2.80. The van der Waals surface area contributed by atoms with Crippen LogP contribution in [0.1, 0.15) is 19.3 Å². The average molecular weight is 197 g/mol. The van der Waals surface area contributed by atoms with Crippen LogP contribution in [-0.2, 0) is 4.79 Å². The molecule has 1 unspecified atom stereocenters. The van der Waals surface area contributed by atoms with Crippen LogP contribution >= 0.6 is 0 Å². The number of hydrogen-bond donors (Lipinski definition) is 2. The Morgan fingerprint density at radius 2 is 2.07 bits per heavy atom. The van der Waals surface area contributed by atoms with E-state index in [1.807, 2.05) is 14.1 Å². The summed E-state index contributed by atoms with van der Waals surface area (Å²) in [4.78, 5) is 11.7. The van der Waals surface area contributed by atoms with Crippen molar-refractivity contribution in [3.05, 3.63) is 0 Å². The van der Waals surface area contributed by atoms with Gasteiger partial charge in [-0.05, 0) is 37.8 Å². The molecule has 1 saturated heterocycles. The molecule has 4 nitrogen and oxygen atoms in total. The predicted molar refractivity (Wildman–Crippen MR) is 54.5 cm³/mol. The van der Waals surface area contributed by atoms with Crippen molar-refractivity contribution < 1.29 is 4.79 Å². The number of hydrazine groups is 1. The van der Waals surface area contributed by atoms with E-state index >= 15 is 0 Å². The van der Waals surface area contributed by atoms with Gasteiger partial charge in [0.15, 0.2) is 0 Å². The highest BCUT2D eigenvalue weighted by molar-refractivity contribution is 5.82. The molecule has 0 aromatic carbocycles. The second-order valence-electron chi connectivity index (χ2n) is 4.74. The van der Waals surface area contributed by atoms with Crippen LogP contribution in [0.2, 0.25) is 0 Å².